The number of halogens is 2. The number of rotatable bonds is 6. The number of carbonyl (C=O) groups is 1. The summed E-state index contributed by atoms with van der Waals surface area (Å²) in [5.74, 6) is -1.67. The van der Waals surface area contributed by atoms with E-state index in [1.165, 1.54) is 19.2 Å². The number of nitrogens with zero attached hydrogens (tertiary/aromatic N) is 1. The first-order valence-corrected chi connectivity index (χ1v) is 5.72. The highest BCUT2D eigenvalue weighted by Gasteiger charge is 2.25. The van der Waals surface area contributed by atoms with E-state index < -0.39 is 17.8 Å². The molecule has 0 aliphatic rings. The van der Waals surface area contributed by atoms with Crippen LogP contribution in [0.25, 0.3) is 0 Å². The summed E-state index contributed by atoms with van der Waals surface area (Å²) in [4.78, 5) is 12.8. The van der Waals surface area contributed by atoms with Crippen LogP contribution in [-0.4, -0.2) is 43.3 Å². The number of carboxylic acid groups (broad SMARTS) is 1. The zero-order chi connectivity index (χ0) is 13.7. The maximum Gasteiger partial charge on any atom is 0.325 e. The predicted molar refractivity (Wildman–Crippen MR) is 66.3 cm³/mol. The van der Waals surface area contributed by atoms with Crippen molar-refractivity contribution >= 4 is 17.6 Å². The third-order valence-electron chi connectivity index (χ3n) is 2.58. The second-order valence-electron chi connectivity index (χ2n) is 3.89. The Hall–Kier alpha value is -1.17. The van der Waals surface area contributed by atoms with Gasteiger partial charge in [0.15, 0.2) is 0 Å². The number of ether oxygens (including phenoxy) is 1. The molecule has 0 amide bonds. The molecule has 18 heavy (non-hydrogen) atoms. The quantitative estimate of drug-likeness (QED) is 0.865. The lowest BCUT2D eigenvalue weighted by Gasteiger charge is -2.24. The fourth-order valence-corrected chi connectivity index (χ4v) is 1.75. The maximum absolute atomic E-state index is 13.4. The minimum atomic E-state index is -1.05. The number of aliphatic carboxylic acids is 1. The van der Waals surface area contributed by atoms with E-state index in [9.17, 15) is 14.3 Å². The predicted octanol–water partition coefficient (Wildman–Crippen LogP) is 2.18. The number of methoxy groups -OCH3 is 1. The third kappa shape index (κ3) is 3.66. The first kappa shape index (κ1) is 14.9. The summed E-state index contributed by atoms with van der Waals surface area (Å²) >= 11 is 5.57. The van der Waals surface area contributed by atoms with Crippen molar-refractivity contribution in [1.82, 2.24) is 4.90 Å². The summed E-state index contributed by atoms with van der Waals surface area (Å²) < 4.78 is 18.2. The minimum absolute atomic E-state index is 0.0255. The molecule has 6 heteroatoms. The molecule has 0 heterocycles. The van der Waals surface area contributed by atoms with E-state index >= 15 is 0 Å². The molecule has 0 bridgehead atoms. The summed E-state index contributed by atoms with van der Waals surface area (Å²) in [7, 11) is 3.18. The monoisotopic (exact) mass is 275 g/mol. The molecule has 1 rings (SSSR count). The lowest BCUT2D eigenvalue weighted by Crippen LogP contribution is -2.33. The molecule has 1 aromatic rings. The van der Waals surface area contributed by atoms with E-state index in [0.717, 1.165) is 6.07 Å². The number of benzene rings is 1. The van der Waals surface area contributed by atoms with Crippen molar-refractivity contribution in [3.63, 3.8) is 0 Å². The Bertz CT molecular complexity index is 428. The van der Waals surface area contributed by atoms with Crippen molar-refractivity contribution < 1.29 is 19.0 Å². The molecule has 0 aliphatic carbocycles. The van der Waals surface area contributed by atoms with E-state index in [1.807, 2.05) is 0 Å². The molecule has 0 fully saturated rings. The van der Waals surface area contributed by atoms with Gasteiger partial charge in [-0.1, -0.05) is 17.7 Å². The molecular formula is C12H15ClFNO3. The van der Waals surface area contributed by atoms with Crippen molar-refractivity contribution in [2.75, 3.05) is 27.3 Å². The first-order valence-electron chi connectivity index (χ1n) is 5.34. The van der Waals surface area contributed by atoms with Crippen molar-refractivity contribution in [2.24, 2.45) is 0 Å². The summed E-state index contributed by atoms with van der Waals surface area (Å²) in [6.45, 7) is 0.827. The molecule has 4 nitrogen and oxygen atoms in total. The van der Waals surface area contributed by atoms with Crippen molar-refractivity contribution in [3.05, 3.63) is 34.6 Å². The molecule has 1 aromatic carbocycles. The highest BCUT2D eigenvalue weighted by molar-refractivity contribution is 6.30. The molecule has 0 radical (unpaired) electrons. The highest BCUT2D eigenvalue weighted by atomic mass is 35.5. The number of hydrogen-bond donors (Lipinski definition) is 1. The van der Waals surface area contributed by atoms with Crippen molar-refractivity contribution in [3.8, 4) is 0 Å². The number of likely N-dealkylation sites (N-methyl/N-ethyl adjacent to an activating group) is 1. The van der Waals surface area contributed by atoms with Gasteiger partial charge < -0.3 is 9.84 Å². The van der Waals surface area contributed by atoms with E-state index in [4.69, 9.17) is 16.3 Å². The van der Waals surface area contributed by atoms with Crippen LogP contribution in [0.15, 0.2) is 18.2 Å². The van der Waals surface area contributed by atoms with Crippen LogP contribution >= 0.6 is 11.6 Å². The Kier molecular flexibility index (Phi) is 5.53. The molecule has 0 spiro atoms. The first-order chi connectivity index (χ1) is 8.47. The van der Waals surface area contributed by atoms with E-state index in [2.05, 4.69) is 0 Å². The fourth-order valence-electron chi connectivity index (χ4n) is 1.63. The van der Waals surface area contributed by atoms with Crippen LogP contribution in [0.3, 0.4) is 0 Å². The highest BCUT2D eigenvalue weighted by Crippen LogP contribution is 2.24. The Balaban J connectivity index is 2.97. The lowest BCUT2D eigenvalue weighted by atomic mass is 10.1. The lowest BCUT2D eigenvalue weighted by molar-refractivity contribution is -0.143. The van der Waals surface area contributed by atoms with Crippen LogP contribution in [0.2, 0.25) is 5.02 Å². The number of carboxylic acids is 1. The van der Waals surface area contributed by atoms with Gasteiger partial charge in [0.2, 0.25) is 0 Å². The Morgan fingerprint density at radius 1 is 1.61 bits per heavy atom. The van der Waals surface area contributed by atoms with E-state index in [0.29, 0.717) is 18.7 Å². The Labute approximate surface area is 110 Å². The van der Waals surface area contributed by atoms with Gasteiger partial charge in [0.05, 0.1) is 11.6 Å². The molecule has 0 aromatic heterocycles. The minimum Gasteiger partial charge on any atom is -0.480 e. The van der Waals surface area contributed by atoms with Crippen molar-refractivity contribution in [2.45, 2.75) is 6.04 Å². The summed E-state index contributed by atoms with van der Waals surface area (Å²) in [6.07, 6.45) is 0. The van der Waals surface area contributed by atoms with Crippen LogP contribution < -0.4 is 0 Å². The summed E-state index contributed by atoms with van der Waals surface area (Å²) in [5.41, 5.74) is 0.350. The van der Waals surface area contributed by atoms with Crippen LogP contribution in [0, 0.1) is 5.82 Å². The maximum atomic E-state index is 13.4. The van der Waals surface area contributed by atoms with Gasteiger partial charge in [-0.15, -0.1) is 0 Å². The van der Waals surface area contributed by atoms with Crippen LogP contribution in [-0.2, 0) is 9.53 Å². The normalized spacial score (nSPS) is 12.7. The van der Waals surface area contributed by atoms with Crippen LogP contribution in [0.4, 0.5) is 4.39 Å². The molecule has 0 saturated carbocycles. The van der Waals surface area contributed by atoms with Crippen molar-refractivity contribution in [1.29, 1.82) is 0 Å². The largest absolute Gasteiger partial charge is 0.480 e. The van der Waals surface area contributed by atoms with Gasteiger partial charge in [-0.25, -0.2) is 4.39 Å². The fraction of sp³-hybridized carbons (Fsp3) is 0.417. The van der Waals surface area contributed by atoms with E-state index in [1.54, 1.807) is 11.9 Å². The molecule has 1 atom stereocenters. The van der Waals surface area contributed by atoms with E-state index in [-0.39, 0.29) is 5.02 Å². The summed E-state index contributed by atoms with van der Waals surface area (Å²) in [5, 5.41) is 9.19. The zero-order valence-electron chi connectivity index (χ0n) is 10.2. The smallest absolute Gasteiger partial charge is 0.325 e. The van der Waals surface area contributed by atoms with Crippen LogP contribution in [0.1, 0.15) is 11.6 Å². The van der Waals surface area contributed by atoms with Gasteiger partial charge in [0, 0.05) is 13.7 Å². The SMILES string of the molecule is COCCN(C)[C@@H](C(=O)O)c1ccc(Cl)c(F)c1. The second-order valence-corrected chi connectivity index (χ2v) is 4.29. The van der Waals surface area contributed by atoms with Gasteiger partial charge in [-0.2, -0.15) is 0 Å². The third-order valence-corrected chi connectivity index (χ3v) is 2.89. The average Bonchev–Trinajstić information content (AvgIpc) is 2.31. The Morgan fingerprint density at radius 3 is 2.78 bits per heavy atom. The van der Waals surface area contributed by atoms with Gasteiger partial charge in [0.1, 0.15) is 11.9 Å². The second kappa shape index (κ2) is 6.68. The molecular weight excluding hydrogens is 261 g/mol. The van der Waals surface area contributed by atoms with Gasteiger partial charge >= 0.3 is 5.97 Å². The Morgan fingerprint density at radius 2 is 2.28 bits per heavy atom. The molecule has 0 aliphatic heterocycles. The topological polar surface area (TPSA) is 49.8 Å². The molecule has 0 unspecified atom stereocenters. The van der Waals surface area contributed by atoms with Gasteiger partial charge in [-0.05, 0) is 24.7 Å². The average molecular weight is 276 g/mol. The standard InChI is InChI=1S/C12H15ClFNO3/c1-15(5-6-18-2)11(12(16)17)8-3-4-9(13)10(14)7-8/h3-4,7,11H,5-6H2,1-2H3,(H,16,17)/t11-/m1/s1. The molecule has 100 valence electrons. The molecule has 0 saturated heterocycles. The number of hydrogen-bond acceptors (Lipinski definition) is 3. The summed E-state index contributed by atoms with van der Waals surface area (Å²) in [6, 6.07) is 3.08. The van der Waals surface area contributed by atoms with Crippen LogP contribution in [0.5, 0.6) is 0 Å². The molecule has 1 N–H and O–H groups in total. The zero-order valence-corrected chi connectivity index (χ0v) is 10.9. The van der Waals surface area contributed by atoms with Gasteiger partial charge in [-0.3, -0.25) is 9.69 Å². The van der Waals surface area contributed by atoms with Gasteiger partial charge in [0.25, 0.3) is 0 Å².